The fraction of sp³-hybridized carbons (Fsp3) is 0.235. The van der Waals surface area contributed by atoms with Gasteiger partial charge in [-0.15, -0.1) is 11.3 Å². The van der Waals surface area contributed by atoms with E-state index in [0.717, 1.165) is 0 Å². The topological polar surface area (TPSA) is 114 Å². The molecule has 0 fully saturated rings. The van der Waals surface area contributed by atoms with Crippen LogP contribution in [0.5, 0.6) is 5.75 Å². The summed E-state index contributed by atoms with van der Waals surface area (Å²) < 4.78 is 5.43. The van der Waals surface area contributed by atoms with Crippen LogP contribution in [0.15, 0.2) is 35.7 Å². The van der Waals surface area contributed by atoms with Gasteiger partial charge in [0.1, 0.15) is 10.8 Å². The van der Waals surface area contributed by atoms with Crippen molar-refractivity contribution in [2.24, 2.45) is 5.73 Å². The van der Waals surface area contributed by atoms with Crippen LogP contribution in [-0.4, -0.2) is 49.9 Å². The van der Waals surface area contributed by atoms with E-state index in [4.69, 9.17) is 10.5 Å². The third kappa shape index (κ3) is 5.87. The van der Waals surface area contributed by atoms with Crippen molar-refractivity contribution >= 4 is 39.7 Å². The Labute approximate surface area is 154 Å². The summed E-state index contributed by atoms with van der Waals surface area (Å²) in [7, 11) is 3.60. The van der Waals surface area contributed by atoms with Crippen LogP contribution in [-0.2, 0) is 9.59 Å². The fourth-order valence-corrected chi connectivity index (χ4v) is 2.87. The highest BCUT2D eigenvalue weighted by Gasteiger charge is 2.13. The quantitative estimate of drug-likeness (QED) is 0.644. The van der Waals surface area contributed by atoms with Gasteiger partial charge in [-0.2, -0.15) is 0 Å². The van der Waals surface area contributed by atoms with Gasteiger partial charge in [0.05, 0.1) is 12.1 Å². The minimum absolute atomic E-state index is 0.151. The maximum absolute atomic E-state index is 12.0. The van der Waals surface area contributed by atoms with E-state index in [-0.39, 0.29) is 24.6 Å². The molecule has 1 aromatic heterocycles. The Morgan fingerprint density at radius 2 is 1.92 bits per heavy atom. The first-order chi connectivity index (χ1) is 12.3. The Hall–Kier alpha value is -2.91. The van der Waals surface area contributed by atoms with Crippen molar-refractivity contribution in [2.75, 3.05) is 37.9 Å². The predicted molar refractivity (Wildman–Crippen MR) is 101 cm³/mol. The molecule has 1 heterocycles. The molecule has 8 nitrogen and oxygen atoms in total. The van der Waals surface area contributed by atoms with E-state index in [1.165, 1.54) is 11.3 Å². The minimum Gasteiger partial charge on any atom is -0.484 e. The van der Waals surface area contributed by atoms with Crippen LogP contribution in [0.25, 0.3) is 0 Å². The number of amides is 3. The first-order valence-electron chi connectivity index (χ1n) is 7.69. The summed E-state index contributed by atoms with van der Waals surface area (Å²) in [4.78, 5) is 36.8. The molecular weight excluding hydrogens is 356 g/mol. The lowest BCUT2D eigenvalue weighted by atomic mass is 10.3. The second kappa shape index (κ2) is 8.97. The van der Waals surface area contributed by atoms with E-state index in [2.05, 4.69) is 10.6 Å². The van der Waals surface area contributed by atoms with Crippen LogP contribution in [0.3, 0.4) is 0 Å². The molecule has 0 bridgehead atoms. The summed E-state index contributed by atoms with van der Waals surface area (Å²) in [5.41, 5.74) is 6.07. The number of hydrogen-bond acceptors (Lipinski definition) is 6. The van der Waals surface area contributed by atoms with Gasteiger partial charge in [-0.1, -0.05) is 6.07 Å². The van der Waals surface area contributed by atoms with Gasteiger partial charge in [0.15, 0.2) is 6.61 Å². The lowest BCUT2D eigenvalue weighted by Crippen LogP contribution is -2.27. The van der Waals surface area contributed by atoms with Crippen molar-refractivity contribution in [3.63, 3.8) is 0 Å². The number of nitrogens with one attached hydrogen (secondary N) is 2. The fourth-order valence-electron chi connectivity index (χ4n) is 2.06. The lowest BCUT2D eigenvalue weighted by Gasteiger charge is -2.11. The van der Waals surface area contributed by atoms with Crippen LogP contribution in [0.2, 0.25) is 0 Å². The second-order valence-corrected chi connectivity index (χ2v) is 6.59. The highest BCUT2D eigenvalue weighted by atomic mass is 32.1. The molecule has 9 heteroatoms. The van der Waals surface area contributed by atoms with Gasteiger partial charge in [0, 0.05) is 11.8 Å². The van der Waals surface area contributed by atoms with Crippen LogP contribution in [0, 0.1) is 0 Å². The normalized spacial score (nSPS) is 10.4. The number of benzene rings is 1. The molecule has 0 aliphatic carbocycles. The molecule has 26 heavy (non-hydrogen) atoms. The number of thiophene rings is 1. The van der Waals surface area contributed by atoms with Crippen molar-refractivity contribution in [3.8, 4) is 5.75 Å². The number of hydrogen-bond donors (Lipinski definition) is 3. The number of ether oxygens (including phenoxy) is 1. The number of likely N-dealkylation sites (N-methyl/N-ethyl adjacent to an activating group) is 1. The average Bonchev–Trinajstić information content (AvgIpc) is 3.00. The van der Waals surface area contributed by atoms with E-state index in [0.29, 0.717) is 16.4 Å². The molecule has 0 saturated heterocycles. The van der Waals surface area contributed by atoms with Crippen molar-refractivity contribution < 1.29 is 19.1 Å². The summed E-state index contributed by atoms with van der Waals surface area (Å²) in [5, 5.41) is 7.38. The Balaban J connectivity index is 1.90. The van der Waals surface area contributed by atoms with Gasteiger partial charge in [-0.25, -0.2) is 0 Å². The lowest BCUT2D eigenvalue weighted by molar-refractivity contribution is -0.118. The highest BCUT2D eigenvalue weighted by molar-refractivity contribution is 7.14. The smallest absolute Gasteiger partial charge is 0.262 e. The maximum Gasteiger partial charge on any atom is 0.262 e. The van der Waals surface area contributed by atoms with Crippen LogP contribution in [0.1, 0.15) is 10.4 Å². The first kappa shape index (κ1) is 19.4. The van der Waals surface area contributed by atoms with Gasteiger partial charge in [0.2, 0.25) is 5.91 Å². The van der Waals surface area contributed by atoms with Crippen LogP contribution in [0.4, 0.5) is 10.7 Å². The van der Waals surface area contributed by atoms with E-state index >= 15 is 0 Å². The van der Waals surface area contributed by atoms with Gasteiger partial charge in [-0.3, -0.25) is 14.4 Å². The molecule has 2 aromatic rings. The standard InChI is InChI=1S/C17H20N4O4S/c1-21(2)9-14(22)19-11-4-3-5-12(8-11)25-10-15(23)20-17-13(16(18)24)6-7-26-17/h3-8H,9-10H2,1-2H3,(H2,18,24)(H,19,22)(H,20,23). The van der Waals surface area contributed by atoms with Gasteiger partial charge in [-0.05, 0) is 37.7 Å². The molecule has 1 aromatic carbocycles. The van der Waals surface area contributed by atoms with Crippen molar-refractivity contribution in [1.82, 2.24) is 4.90 Å². The Kier molecular flexibility index (Phi) is 6.70. The molecule has 138 valence electrons. The number of carbonyl (C=O) groups excluding carboxylic acids is 3. The Bertz CT molecular complexity index is 804. The zero-order valence-electron chi connectivity index (χ0n) is 14.4. The van der Waals surface area contributed by atoms with Crippen LogP contribution >= 0.6 is 11.3 Å². The Morgan fingerprint density at radius 3 is 2.62 bits per heavy atom. The number of rotatable bonds is 8. The molecule has 0 unspecified atom stereocenters. The largest absolute Gasteiger partial charge is 0.484 e. The van der Waals surface area contributed by atoms with E-state index < -0.39 is 11.8 Å². The maximum atomic E-state index is 12.0. The van der Waals surface area contributed by atoms with Crippen molar-refractivity contribution in [3.05, 3.63) is 41.3 Å². The molecule has 3 amide bonds. The minimum atomic E-state index is -0.608. The van der Waals surface area contributed by atoms with E-state index in [1.54, 1.807) is 54.7 Å². The number of nitrogens with zero attached hydrogens (tertiary/aromatic N) is 1. The summed E-state index contributed by atoms with van der Waals surface area (Å²) in [6.45, 7) is 0.0156. The van der Waals surface area contributed by atoms with Crippen LogP contribution < -0.4 is 21.1 Å². The van der Waals surface area contributed by atoms with E-state index in [9.17, 15) is 14.4 Å². The Morgan fingerprint density at radius 1 is 1.15 bits per heavy atom. The molecule has 0 aliphatic heterocycles. The summed E-state index contributed by atoms with van der Waals surface area (Å²) in [6, 6.07) is 8.29. The molecule has 0 aliphatic rings. The average molecular weight is 376 g/mol. The number of carbonyl (C=O) groups is 3. The van der Waals surface area contributed by atoms with Crippen molar-refractivity contribution in [2.45, 2.75) is 0 Å². The van der Waals surface area contributed by atoms with Crippen molar-refractivity contribution in [1.29, 1.82) is 0 Å². The summed E-state index contributed by atoms with van der Waals surface area (Å²) in [5.74, 6) is -0.744. The second-order valence-electron chi connectivity index (χ2n) is 5.68. The first-order valence-corrected chi connectivity index (χ1v) is 8.57. The monoisotopic (exact) mass is 376 g/mol. The third-order valence-electron chi connectivity index (χ3n) is 3.13. The van der Waals surface area contributed by atoms with Gasteiger partial charge >= 0.3 is 0 Å². The highest BCUT2D eigenvalue weighted by Crippen LogP contribution is 2.23. The third-order valence-corrected chi connectivity index (χ3v) is 3.96. The number of primary amides is 1. The van der Waals surface area contributed by atoms with E-state index in [1.807, 2.05) is 0 Å². The number of nitrogens with two attached hydrogens (primary N) is 1. The predicted octanol–water partition coefficient (Wildman–Crippen LogP) is 1.36. The SMILES string of the molecule is CN(C)CC(=O)Nc1cccc(OCC(=O)Nc2sccc2C(N)=O)c1. The van der Waals surface area contributed by atoms with Gasteiger partial charge < -0.3 is 26.0 Å². The summed E-state index contributed by atoms with van der Waals surface area (Å²) >= 11 is 1.20. The summed E-state index contributed by atoms with van der Waals surface area (Å²) in [6.07, 6.45) is 0. The molecule has 4 N–H and O–H groups in total. The molecule has 2 rings (SSSR count). The zero-order chi connectivity index (χ0) is 19.1. The van der Waals surface area contributed by atoms with Gasteiger partial charge in [0.25, 0.3) is 11.8 Å². The molecule has 0 saturated carbocycles. The molecular formula is C17H20N4O4S. The molecule has 0 radical (unpaired) electrons. The molecule has 0 atom stereocenters. The number of anilines is 2. The molecule has 0 spiro atoms. The zero-order valence-corrected chi connectivity index (χ0v) is 15.3.